The summed E-state index contributed by atoms with van der Waals surface area (Å²) in [5.74, 6) is -0.515. The van der Waals surface area contributed by atoms with Gasteiger partial charge in [0.15, 0.2) is 11.6 Å². The van der Waals surface area contributed by atoms with Gasteiger partial charge in [-0.3, -0.25) is 4.57 Å². The van der Waals surface area contributed by atoms with E-state index in [1.165, 1.54) is 10.6 Å². The number of fused-ring (bicyclic) bond motifs is 1. The van der Waals surface area contributed by atoms with Gasteiger partial charge in [0.25, 0.3) is 0 Å². The largest absolute Gasteiger partial charge is 0.480 e. The van der Waals surface area contributed by atoms with Crippen molar-refractivity contribution in [3.63, 3.8) is 0 Å². The van der Waals surface area contributed by atoms with Crippen molar-refractivity contribution in [2.45, 2.75) is 65.8 Å². The van der Waals surface area contributed by atoms with Crippen LogP contribution in [0, 0.1) is 5.82 Å². The van der Waals surface area contributed by atoms with Gasteiger partial charge in [-0.2, -0.15) is 4.90 Å². The highest BCUT2D eigenvalue weighted by molar-refractivity contribution is 6.37. The van der Waals surface area contributed by atoms with Gasteiger partial charge < -0.3 is 14.2 Å². The van der Waals surface area contributed by atoms with Gasteiger partial charge in [0.1, 0.15) is 34.0 Å². The van der Waals surface area contributed by atoms with Crippen molar-refractivity contribution in [3.8, 4) is 11.4 Å². The molecular formula is C22H24Cl3FN2O5. The highest BCUT2D eigenvalue weighted by Crippen LogP contribution is 2.59. The summed E-state index contributed by atoms with van der Waals surface area (Å²) in [5.41, 5.74) is -1.10. The lowest BCUT2D eigenvalue weighted by molar-refractivity contribution is 0.0424. The fraction of sp³-hybridized carbons (Fsp3) is 0.455. The van der Waals surface area contributed by atoms with E-state index in [1.54, 1.807) is 48.5 Å². The molecule has 11 heteroatoms. The fourth-order valence-electron chi connectivity index (χ4n) is 3.02. The molecule has 0 aromatic heterocycles. The third-order valence-corrected chi connectivity index (χ3v) is 5.40. The minimum absolute atomic E-state index is 0.0222. The minimum atomic E-state index is -0.974. The molecule has 0 fully saturated rings. The maximum absolute atomic E-state index is 14.0. The molecule has 2 heterocycles. The molecule has 0 spiro atoms. The summed E-state index contributed by atoms with van der Waals surface area (Å²) in [4.78, 5) is 26.7. The molecule has 7 nitrogen and oxygen atoms in total. The van der Waals surface area contributed by atoms with Crippen molar-refractivity contribution in [1.82, 2.24) is 4.57 Å². The molecule has 0 unspecified atom stereocenters. The van der Waals surface area contributed by atoms with Crippen molar-refractivity contribution in [1.29, 1.82) is 0 Å². The number of carbonyl (C=O) groups is 2. The van der Waals surface area contributed by atoms with Crippen LogP contribution >= 0.6 is 34.8 Å². The van der Waals surface area contributed by atoms with Crippen LogP contribution < -0.4 is 9.64 Å². The molecule has 33 heavy (non-hydrogen) atoms. The van der Waals surface area contributed by atoms with Gasteiger partial charge in [-0.15, -0.1) is 0 Å². The van der Waals surface area contributed by atoms with Crippen molar-refractivity contribution >= 4 is 52.8 Å². The first-order valence-corrected chi connectivity index (χ1v) is 11.2. The lowest BCUT2D eigenvalue weighted by atomic mass is 10.1. The molecule has 0 N–H and O–H groups in total. The van der Waals surface area contributed by atoms with E-state index in [0.717, 1.165) is 6.07 Å². The quantitative estimate of drug-likeness (QED) is 0.329. The zero-order valence-electron chi connectivity index (χ0n) is 19.2. The predicted octanol–water partition coefficient (Wildman–Crippen LogP) is 7.71. The van der Waals surface area contributed by atoms with E-state index < -0.39 is 35.3 Å². The third kappa shape index (κ3) is 5.18. The number of hydrogen-bond donors (Lipinski definition) is 0. The summed E-state index contributed by atoms with van der Waals surface area (Å²) in [7, 11) is 0. The van der Waals surface area contributed by atoms with E-state index in [-0.39, 0.29) is 32.3 Å². The molecule has 2 aliphatic heterocycles. The van der Waals surface area contributed by atoms with Gasteiger partial charge in [-0.05, 0) is 60.6 Å². The number of anilines is 1. The second-order valence-corrected chi connectivity index (χ2v) is 10.6. The van der Waals surface area contributed by atoms with Crippen molar-refractivity contribution < 1.29 is 28.2 Å². The number of hydrogen-bond acceptors (Lipinski definition) is 5. The molecule has 2 amide bonds. The number of carbonyl (C=O) groups excluding carboxylic acids is 2. The summed E-state index contributed by atoms with van der Waals surface area (Å²) < 4.78 is 32.2. The van der Waals surface area contributed by atoms with E-state index in [2.05, 4.69) is 0 Å². The van der Waals surface area contributed by atoms with Crippen LogP contribution in [0.15, 0.2) is 12.1 Å². The number of imide groups is 1. The van der Waals surface area contributed by atoms with Crippen molar-refractivity contribution in [3.05, 3.63) is 38.7 Å². The standard InChI is InChI=1S/C22H24Cl3FN2O5/c1-10(13-11(23)8-9-12(26)14(13)24)31-16-15-17(25)27(15)18(16)28(19(29)32-21(2,3)4)20(30)33-22(5,6)7/h8-10H,1-7H3/t10-,27?/m1/s1. The molecule has 0 saturated heterocycles. The van der Waals surface area contributed by atoms with Crippen molar-refractivity contribution in [2.24, 2.45) is 0 Å². The van der Waals surface area contributed by atoms with Gasteiger partial charge in [-0.1, -0.05) is 34.8 Å². The lowest BCUT2D eigenvalue weighted by Crippen LogP contribution is -2.45. The topological polar surface area (TPSA) is 70.0 Å². The average molecular weight is 522 g/mol. The Labute approximate surface area is 206 Å². The monoisotopic (exact) mass is 520 g/mol. The molecule has 0 radical (unpaired) electrons. The zero-order valence-corrected chi connectivity index (χ0v) is 21.4. The zero-order chi connectivity index (χ0) is 25.0. The number of rotatable bonds is 4. The molecule has 0 saturated carbocycles. The Kier molecular flexibility index (Phi) is 6.61. The Bertz CT molecular complexity index is 1110. The van der Waals surface area contributed by atoms with Crippen LogP contribution in [0.5, 0.6) is 5.75 Å². The molecular weight excluding hydrogens is 498 g/mol. The SMILES string of the molecule is C[C@@H](Oc1c2c(Cl)n-2c1N(C(=O)OC(C)(C)C)C(=O)OC(C)(C)C)c1c(Cl)ccc(F)c1Cl. The Hall–Kier alpha value is -2.16. The summed E-state index contributed by atoms with van der Waals surface area (Å²) in [6.45, 7) is 11.6. The van der Waals surface area contributed by atoms with E-state index in [9.17, 15) is 14.0 Å². The Morgan fingerprint density at radius 2 is 1.52 bits per heavy atom. The summed E-state index contributed by atoms with van der Waals surface area (Å²) in [5, 5.41) is 0.264. The van der Waals surface area contributed by atoms with Crippen LogP contribution in [-0.2, 0) is 9.47 Å². The van der Waals surface area contributed by atoms with Gasteiger partial charge in [0.2, 0.25) is 0 Å². The molecule has 1 aromatic rings. The second-order valence-electron chi connectivity index (χ2n) is 9.44. The Balaban J connectivity index is 2.01. The summed E-state index contributed by atoms with van der Waals surface area (Å²) in [6.07, 6.45) is -2.79. The third-order valence-electron chi connectivity index (χ3n) is 4.34. The number of nitrogens with zero attached hydrogens (tertiary/aromatic N) is 2. The number of ether oxygens (including phenoxy) is 3. The highest BCUT2D eigenvalue weighted by Gasteiger charge is 2.48. The maximum Gasteiger partial charge on any atom is 0.425 e. The van der Waals surface area contributed by atoms with Crippen LogP contribution in [0.4, 0.5) is 19.8 Å². The summed E-state index contributed by atoms with van der Waals surface area (Å²) >= 11 is 18.5. The van der Waals surface area contributed by atoms with Gasteiger partial charge >= 0.3 is 12.2 Å². The normalized spacial score (nSPS) is 13.4. The summed E-state index contributed by atoms with van der Waals surface area (Å²) in [6, 6.07) is 2.50. The lowest BCUT2D eigenvalue weighted by Gasteiger charge is -2.31. The maximum atomic E-state index is 14.0. The Morgan fingerprint density at radius 3 is 2.00 bits per heavy atom. The number of benzene rings is 1. The smallest absolute Gasteiger partial charge is 0.425 e. The Morgan fingerprint density at radius 1 is 1.00 bits per heavy atom. The van der Waals surface area contributed by atoms with Gasteiger partial charge in [0, 0.05) is 10.6 Å². The molecule has 2 aliphatic rings. The first kappa shape index (κ1) is 25.5. The molecule has 1 aromatic carbocycles. The minimum Gasteiger partial charge on any atom is -0.480 e. The van der Waals surface area contributed by atoms with Crippen LogP contribution in [0.3, 0.4) is 0 Å². The first-order chi connectivity index (χ1) is 15.0. The molecule has 3 rings (SSSR count). The predicted molar refractivity (Wildman–Crippen MR) is 125 cm³/mol. The van der Waals surface area contributed by atoms with Crippen LogP contribution in [-0.4, -0.2) is 28.0 Å². The van der Waals surface area contributed by atoms with E-state index in [1.807, 2.05) is 0 Å². The molecule has 1 atom stereocenters. The number of amides is 2. The van der Waals surface area contributed by atoms with E-state index in [0.29, 0.717) is 10.6 Å². The number of aromatic nitrogens is 1. The van der Waals surface area contributed by atoms with Gasteiger partial charge in [0.05, 0.1) is 5.02 Å². The molecule has 0 aliphatic carbocycles. The van der Waals surface area contributed by atoms with Crippen molar-refractivity contribution in [2.75, 3.05) is 4.90 Å². The van der Waals surface area contributed by atoms with E-state index >= 15 is 0 Å². The number of halogens is 4. The van der Waals surface area contributed by atoms with Crippen LogP contribution in [0.2, 0.25) is 15.2 Å². The highest BCUT2D eigenvalue weighted by atomic mass is 35.5. The molecule has 0 bridgehead atoms. The first-order valence-electron chi connectivity index (χ1n) is 10.0. The average Bonchev–Trinajstić information content (AvgIpc) is 3.22. The van der Waals surface area contributed by atoms with E-state index in [4.69, 9.17) is 49.0 Å². The van der Waals surface area contributed by atoms with Gasteiger partial charge in [-0.25, -0.2) is 14.0 Å². The van der Waals surface area contributed by atoms with Crippen LogP contribution in [0.1, 0.15) is 60.1 Å². The molecule has 180 valence electrons. The van der Waals surface area contributed by atoms with Crippen LogP contribution in [0.25, 0.3) is 5.69 Å². The second kappa shape index (κ2) is 8.56. The fourth-order valence-corrected chi connectivity index (χ4v) is 3.99.